The topological polar surface area (TPSA) is 83.5 Å². The van der Waals surface area contributed by atoms with Crippen LogP contribution in [0, 0.1) is 5.92 Å². The van der Waals surface area contributed by atoms with Crippen molar-refractivity contribution in [1.82, 2.24) is 4.72 Å². The van der Waals surface area contributed by atoms with E-state index in [-0.39, 0.29) is 27.9 Å². The van der Waals surface area contributed by atoms with Gasteiger partial charge in [-0.1, -0.05) is 31.9 Å². The molecule has 2 N–H and O–H groups in total. The van der Waals surface area contributed by atoms with E-state index < -0.39 is 16.0 Å². The molecule has 0 aliphatic heterocycles. The summed E-state index contributed by atoms with van der Waals surface area (Å²) in [7, 11) is -3.80. The summed E-state index contributed by atoms with van der Waals surface area (Å²) in [5, 5.41) is 8.87. The summed E-state index contributed by atoms with van der Waals surface area (Å²) in [6, 6.07) is 3.59. The molecule has 1 aromatic rings. The highest BCUT2D eigenvalue weighted by Gasteiger charge is 2.20. The van der Waals surface area contributed by atoms with Gasteiger partial charge in [0.25, 0.3) is 0 Å². The number of rotatable bonds is 6. The lowest BCUT2D eigenvalue weighted by Gasteiger charge is -2.12. The van der Waals surface area contributed by atoms with Crippen LogP contribution in [-0.4, -0.2) is 26.0 Å². The summed E-state index contributed by atoms with van der Waals surface area (Å²) in [5.74, 6) is -1.01. The number of halogens is 1. The van der Waals surface area contributed by atoms with Gasteiger partial charge in [0.15, 0.2) is 0 Å². The van der Waals surface area contributed by atoms with E-state index in [0.717, 1.165) is 12.5 Å². The fourth-order valence-electron chi connectivity index (χ4n) is 1.32. The molecular formula is C12H16ClNO4S. The molecule has 0 saturated heterocycles. The molecule has 1 atom stereocenters. The van der Waals surface area contributed by atoms with E-state index in [9.17, 15) is 13.2 Å². The van der Waals surface area contributed by atoms with Gasteiger partial charge in [-0.05, 0) is 24.1 Å². The Kier molecular flexibility index (Phi) is 5.34. The van der Waals surface area contributed by atoms with Crippen molar-refractivity contribution in [3.63, 3.8) is 0 Å². The molecule has 1 rings (SSSR count). The number of benzene rings is 1. The van der Waals surface area contributed by atoms with Gasteiger partial charge in [0.1, 0.15) is 4.90 Å². The van der Waals surface area contributed by atoms with E-state index in [1.54, 1.807) is 0 Å². The first-order chi connectivity index (χ1) is 8.77. The number of carboxylic acids is 1. The summed E-state index contributed by atoms with van der Waals surface area (Å²) in [4.78, 5) is 10.6. The van der Waals surface area contributed by atoms with Crippen molar-refractivity contribution in [3.05, 3.63) is 28.8 Å². The molecular weight excluding hydrogens is 290 g/mol. The van der Waals surface area contributed by atoms with Gasteiger partial charge in [-0.3, -0.25) is 0 Å². The molecule has 0 aliphatic carbocycles. The molecule has 0 radical (unpaired) electrons. The molecule has 0 amide bonds. The predicted molar refractivity (Wildman–Crippen MR) is 73.1 cm³/mol. The van der Waals surface area contributed by atoms with Crippen molar-refractivity contribution >= 4 is 27.6 Å². The number of hydrogen-bond donors (Lipinski definition) is 2. The van der Waals surface area contributed by atoms with Gasteiger partial charge in [-0.15, -0.1) is 0 Å². The lowest BCUT2D eigenvalue weighted by molar-refractivity contribution is 0.0696. The van der Waals surface area contributed by atoms with E-state index in [1.807, 2.05) is 13.8 Å². The zero-order chi connectivity index (χ0) is 14.6. The molecule has 5 nitrogen and oxygen atoms in total. The quantitative estimate of drug-likeness (QED) is 0.845. The third-order valence-corrected chi connectivity index (χ3v) is 4.69. The van der Waals surface area contributed by atoms with Crippen LogP contribution in [0.25, 0.3) is 0 Å². The third-order valence-electron chi connectivity index (χ3n) is 2.79. The van der Waals surface area contributed by atoms with Crippen molar-refractivity contribution in [2.45, 2.75) is 25.2 Å². The number of hydrogen-bond acceptors (Lipinski definition) is 3. The Morgan fingerprint density at radius 3 is 2.63 bits per heavy atom. The number of carbonyl (C=O) groups is 1. The van der Waals surface area contributed by atoms with E-state index in [1.165, 1.54) is 12.1 Å². The highest BCUT2D eigenvalue weighted by Crippen LogP contribution is 2.22. The van der Waals surface area contributed by atoms with Crippen LogP contribution in [0.15, 0.2) is 23.1 Å². The Balaban J connectivity index is 3.06. The summed E-state index contributed by atoms with van der Waals surface area (Å²) in [6.07, 6.45) is 0.839. The predicted octanol–water partition coefficient (Wildman–Crippen LogP) is 2.36. The van der Waals surface area contributed by atoms with E-state index in [4.69, 9.17) is 16.7 Å². The Morgan fingerprint density at radius 1 is 1.47 bits per heavy atom. The van der Waals surface area contributed by atoms with Crippen LogP contribution in [0.2, 0.25) is 5.02 Å². The zero-order valence-electron chi connectivity index (χ0n) is 10.7. The first-order valence-corrected chi connectivity index (χ1v) is 7.66. The first-order valence-electron chi connectivity index (χ1n) is 5.80. The van der Waals surface area contributed by atoms with Crippen LogP contribution >= 0.6 is 11.6 Å². The van der Waals surface area contributed by atoms with Crippen molar-refractivity contribution in [2.75, 3.05) is 6.54 Å². The van der Waals surface area contributed by atoms with E-state index >= 15 is 0 Å². The van der Waals surface area contributed by atoms with Gasteiger partial charge in [-0.25, -0.2) is 17.9 Å². The Bertz CT molecular complexity index is 571. The molecule has 106 valence electrons. The third kappa shape index (κ3) is 4.19. The van der Waals surface area contributed by atoms with Gasteiger partial charge in [0, 0.05) is 6.54 Å². The van der Waals surface area contributed by atoms with Crippen molar-refractivity contribution < 1.29 is 18.3 Å². The highest BCUT2D eigenvalue weighted by molar-refractivity contribution is 7.89. The first kappa shape index (κ1) is 15.9. The summed E-state index contributed by atoms with van der Waals surface area (Å²) < 4.78 is 26.5. The van der Waals surface area contributed by atoms with Crippen LogP contribution in [0.4, 0.5) is 0 Å². The van der Waals surface area contributed by atoms with E-state index in [2.05, 4.69) is 4.72 Å². The fraction of sp³-hybridized carbons (Fsp3) is 0.417. The standard InChI is InChI=1S/C12H16ClNO4S/c1-3-8(2)7-14-19(17,18)11-6-9(12(15)16)4-5-10(11)13/h4-6,8,14H,3,7H2,1-2H3,(H,15,16). The normalized spacial score (nSPS) is 13.2. The molecule has 0 aromatic heterocycles. The van der Waals surface area contributed by atoms with Crippen LogP contribution in [0.1, 0.15) is 30.6 Å². The highest BCUT2D eigenvalue weighted by atomic mass is 35.5. The molecule has 0 aliphatic rings. The lowest BCUT2D eigenvalue weighted by atomic mass is 10.1. The minimum Gasteiger partial charge on any atom is -0.478 e. The molecule has 0 heterocycles. The number of nitrogens with one attached hydrogen (secondary N) is 1. The Hall–Kier alpha value is -1.11. The average molecular weight is 306 g/mol. The number of sulfonamides is 1. The van der Waals surface area contributed by atoms with Crippen molar-refractivity contribution in [1.29, 1.82) is 0 Å². The van der Waals surface area contributed by atoms with Crippen LogP contribution in [0.3, 0.4) is 0 Å². The maximum atomic E-state index is 12.1. The summed E-state index contributed by atoms with van der Waals surface area (Å²) in [6.45, 7) is 4.15. The largest absolute Gasteiger partial charge is 0.478 e. The van der Waals surface area contributed by atoms with Gasteiger partial charge < -0.3 is 5.11 Å². The molecule has 0 bridgehead atoms. The summed E-state index contributed by atoms with van der Waals surface area (Å²) >= 11 is 5.82. The monoisotopic (exact) mass is 305 g/mol. The Morgan fingerprint density at radius 2 is 2.11 bits per heavy atom. The molecule has 0 spiro atoms. The second-order valence-electron chi connectivity index (χ2n) is 4.32. The maximum Gasteiger partial charge on any atom is 0.335 e. The minimum absolute atomic E-state index is 0.00153. The van der Waals surface area contributed by atoms with Crippen LogP contribution in [-0.2, 0) is 10.0 Å². The second-order valence-corrected chi connectivity index (χ2v) is 6.46. The molecule has 7 heteroatoms. The van der Waals surface area contributed by atoms with Crippen molar-refractivity contribution in [3.8, 4) is 0 Å². The van der Waals surface area contributed by atoms with Gasteiger partial charge in [-0.2, -0.15) is 0 Å². The second kappa shape index (κ2) is 6.36. The zero-order valence-corrected chi connectivity index (χ0v) is 12.3. The number of aromatic carboxylic acids is 1. The molecule has 1 unspecified atom stereocenters. The summed E-state index contributed by atoms with van der Waals surface area (Å²) in [5.41, 5.74) is -0.117. The minimum atomic E-state index is -3.80. The van der Waals surface area contributed by atoms with Crippen molar-refractivity contribution in [2.24, 2.45) is 5.92 Å². The van der Waals surface area contributed by atoms with Crippen LogP contribution < -0.4 is 4.72 Å². The average Bonchev–Trinajstić information content (AvgIpc) is 2.36. The van der Waals surface area contributed by atoms with Gasteiger partial charge in [0.2, 0.25) is 10.0 Å². The molecule has 0 fully saturated rings. The Labute approximate surface area is 117 Å². The number of carboxylic acid groups (broad SMARTS) is 1. The van der Waals surface area contributed by atoms with Crippen LogP contribution in [0.5, 0.6) is 0 Å². The van der Waals surface area contributed by atoms with Gasteiger partial charge in [0.05, 0.1) is 10.6 Å². The molecule has 19 heavy (non-hydrogen) atoms. The lowest BCUT2D eigenvalue weighted by Crippen LogP contribution is -2.28. The van der Waals surface area contributed by atoms with Gasteiger partial charge >= 0.3 is 5.97 Å². The maximum absolute atomic E-state index is 12.1. The molecule has 0 saturated carbocycles. The fourth-order valence-corrected chi connectivity index (χ4v) is 3.00. The van der Waals surface area contributed by atoms with E-state index in [0.29, 0.717) is 0 Å². The SMILES string of the molecule is CCC(C)CNS(=O)(=O)c1cc(C(=O)O)ccc1Cl. The smallest absolute Gasteiger partial charge is 0.335 e. The molecule has 1 aromatic carbocycles.